The van der Waals surface area contributed by atoms with Gasteiger partial charge >= 0.3 is 12.0 Å². The molecule has 1 aliphatic carbocycles. The maximum Gasteiger partial charge on any atom is 0.317 e. The molecule has 104 valence electrons. The normalized spacial score (nSPS) is 16.4. The van der Waals surface area contributed by atoms with Crippen LogP contribution in [0.25, 0.3) is 0 Å². The van der Waals surface area contributed by atoms with Crippen molar-refractivity contribution in [2.45, 2.75) is 39.5 Å². The molecule has 2 amide bonds. The van der Waals surface area contributed by atoms with Gasteiger partial charge in [-0.05, 0) is 30.6 Å². The molecule has 0 aromatic rings. The van der Waals surface area contributed by atoms with E-state index in [-0.39, 0.29) is 19.0 Å². The Morgan fingerprint density at radius 2 is 2.00 bits per heavy atom. The summed E-state index contributed by atoms with van der Waals surface area (Å²) in [7, 11) is 1.63. The van der Waals surface area contributed by atoms with E-state index in [0.29, 0.717) is 17.9 Å². The fourth-order valence-electron chi connectivity index (χ4n) is 2.26. The number of hydrogen-bond acceptors (Lipinski definition) is 2. The second kappa shape index (κ2) is 6.07. The number of nitrogens with one attached hydrogen (secondary N) is 1. The molecule has 1 fully saturated rings. The van der Waals surface area contributed by atoms with Crippen molar-refractivity contribution in [2.75, 3.05) is 20.1 Å². The Morgan fingerprint density at radius 1 is 1.39 bits per heavy atom. The van der Waals surface area contributed by atoms with Crippen LogP contribution in [-0.4, -0.2) is 42.1 Å². The Morgan fingerprint density at radius 3 is 2.44 bits per heavy atom. The molecular weight excluding hydrogens is 232 g/mol. The van der Waals surface area contributed by atoms with Gasteiger partial charge in [0.2, 0.25) is 0 Å². The van der Waals surface area contributed by atoms with Crippen molar-refractivity contribution >= 4 is 12.0 Å². The predicted octanol–water partition coefficient (Wildman–Crippen LogP) is 1.93. The average molecular weight is 256 g/mol. The molecule has 0 spiro atoms. The molecule has 0 aromatic carbocycles. The molecule has 5 heteroatoms. The fraction of sp³-hybridized carbons (Fsp3) is 0.846. The first-order valence-electron chi connectivity index (χ1n) is 6.55. The Balaban J connectivity index is 2.26. The zero-order chi connectivity index (χ0) is 13.8. The number of carbonyl (C=O) groups excluding carboxylic acids is 1. The molecule has 2 N–H and O–H groups in total. The number of hydrogen-bond donors (Lipinski definition) is 2. The topological polar surface area (TPSA) is 69.6 Å². The Bertz CT molecular complexity index is 311. The van der Waals surface area contributed by atoms with Crippen LogP contribution in [0.2, 0.25) is 0 Å². The largest absolute Gasteiger partial charge is 0.481 e. The van der Waals surface area contributed by atoms with Crippen LogP contribution in [0.3, 0.4) is 0 Å². The van der Waals surface area contributed by atoms with E-state index in [0.717, 1.165) is 6.42 Å². The van der Waals surface area contributed by atoms with Gasteiger partial charge in [0.05, 0.1) is 6.42 Å². The van der Waals surface area contributed by atoms with Crippen molar-refractivity contribution in [3.05, 3.63) is 0 Å². The summed E-state index contributed by atoms with van der Waals surface area (Å²) in [5, 5.41) is 11.5. The lowest BCUT2D eigenvalue weighted by Crippen LogP contribution is -2.41. The molecule has 1 saturated carbocycles. The fourth-order valence-corrected chi connectivity index (χ4v) is 2.26. The number of amides is 2. The van der Waals surface area contributed by atoms with E-state index < -0.39 is 5.97 Å². The van der Waals surface area contributed by atoms with Crippen LogP contribution in [0.5, 0.6) is 0 Å². The minimum Gasteiger partial charge on any atom is -0.481 e. The second-order valence-electron chi connectivity index (χ2n) is 5.82. The highest BCUT2D eigenvalue weighted by molar-refractivity contribution is 5.75. The molecule has 0 heterocycles. The molecule has 1 aliphatic rings. The van der Waals surface area contributed by atoms with Crippen molar-refractivity contribution in [2.24, 2.45) is 11.3 Å². The van der Waals surface area contributed by atoms with E-state index in [4.69, 9.17) is 5.11 Å². The van der Waals surface area contributed by atoms with Crippen molar-refractivity contribution in [3.8, 4) is 0 Å². The van der Waals surface area contributed by atoms with Gasteiger partial charge in [0.25, 0.3) is 0 Å². The molecule has 0 atom stereocenters. The van der Waals surface area contributed by atoms with Crippen molar-refractivity contribution in [3.63, 3.8) is 0 Å². The molecule has 0 radical (unpaired) electrons. The molecule has 0 bridgehead atoms. The molecule has 0 aliphatic heterocycles. The first-order chi connectivity index (χ1) is 8.34. The van der Waals surface area contributed by atoms with E-state index in [1.54, 1.807) is 7.05 Å². The zero-order valence-corrected chi connectivity index (χ0v) is 11.5. The Kier molecular flexibility index (Phi) is 4.99. The minimum atomic E-state index is -0.881. The number of rotatable bonds is 7. The van der Waals surface area contributed by atoms with Gasteiger partial charge in [0.1, 0.15) is 0 Å². The quantitative estimate of drug-likeness (QED) is 0.731. The van der Waals surface area contributed by atoms with Crippen LogP contribution in [0, 0.1) is 11.3 Å². The molecule has 0 aromatic heterocycles. The predicted molar refractivity (Wildman–Crippen MR) is 69.4 cm³/mol. The van der Waals surface area contributed by atoms with Crippen LogP contribution in [0.4, 0.5) is 4.79 Å². The lowest BCUT2D eigenvalue weighted by atomic mass is 9.94. The lowest BCUT2D eigenvalue weighted by Gasteiger charge is -2.21. The highest BCUT2D eigenvalue weighted by Gasteiger charge is 2.42. The van der Waals surface area contributed by atoms with Gasteiger partial charge in [-0.1, -0.05) is 13.8 Å². The highest BCUT2D eigenvalue weighted by atomic mass is 16.4. The molecule has 1 rings (SSSR count). The van der Waals surface area contributed by atoms with Crippen molar-refractivity contribution in [1.29, 1.82) is 0 Å². The smallest absolute Gasteiger partial charge is 0.317 e. The standard InChI is InChI=1S/C13H24N2O3/c1-10(2)8-13(5-6-13)9-14-12(18)15(3)7-4-11(16)17/h10H,4-9H2,1-3H3,(H,14,18)(H,16,17). The van der Waals surface area contributed by atoms with Gasteiger partial charge in [-0.2, -0.15) is 0 Å². The van der Waals surface area contributed by atoms with Gasteiger partial charge in [0.15, 0.2) is 0 Å². The summed E-state index contributed by atoms with van der Waals surface area (Å²) in [5.74, 6) is -0.234. The summed E-state index contributed by atoms with van der Waals surface area (Å²) in [6.45, 7) is 5.35. The maximum atomic E-state index is 11.7. The Labute approximate surface area is 109 Å². The van der Waals surface area contributed by atoms with E-state index in [9.17, 15) is 9.59 Å². The number of urea groups is 1. The molecule has 18 heavy (non-hydrogen) atoms. The van der Waals surface area contributed by atoms with E-state index in [2.05, 4.69) is 19.2 Å². The number of carbonyl (C=O) groups is 2. The SMILES string of the molecule is CC(C)CC1(CNC(=O)N(C)CCC(=O)O)CC1. The molecule has 5 nitrogen and oxygen atoms in total. The molecule has 0 unspecified atom stereocenters. The summed E-state index contributed by atoms with van der Waals surface area (Å²) in [6, 6.07) is -0.175. The first-order valence-corrected chi connectivity index (χ1v) is 6.55. The van der Waals surface area contributed by atoms with Gasteiger partial charge in [0, 0.05) is 20.1 Å². The number of carboxylic acid groups (broad SMARTS) is 1. The number of aliphatic carboxylic acids is 1. The third kappa shape index (κ3) is 4.94. The summed E-state index contributed by atoms with van der Waals surface area (Å²) >= 11 is 0. The third-order valence-corrected chi connectivity index (χ3v) is 3.42. The van der Waals surface area contributed by atoms with Crippen molar-refractivity contribution in [1.82, 2.24) is 10.2 Å². The Hall–Kier alpha value is -1.26. The second-order valence-corrected chi connectivity index (χ2v) is 5.82. The van der Waals surface area contributed by atoms with Gasteiger partial charge in [-0.3, -0.25) is 4.79 Å². The average Bonchev–Trinajstić information content (AvgIpc) is 3.02. The van der Waals surface area contributed by atoms with Crippen LogP contribution in [-0.2, 0) is 4.79 Å². The van der Waals surface area contributed by atoms with E-state index >= 15 is 0 Å². The van der Waals surface area contributed by atoms with Crippen molar-refractivity contribution < 1.29 is 14.7 Å². The third-order valence-electron chi connectivity index (χ3n) is 3.42. The number of carboxylic acids is 1. The molecule has 0 saturated heterocycles. The highest BCUT2D eigenvalue weighted by Crippen LogP contribution is 2.49. The van der Waals surface area contributed by atoms with Gasteiger partial charge < -0.3 is 15.3 Å². The monoisotopic (exact) mass is 256 g/mol. The van der Waals surface area contributed by atoms with Crippen LogP contribution in [0.1, 0.15) is 39.5 Å². The maximum absolute atomic E-state index is 11.7. The summed E-state index contributed by atoms with van der Waals surface area (Å²) in [5.41, 5.74) is 0.303. The van der Waals surface area contributed by atoms with E-state index in [1.807, 2.05) is 0 Å². The summed E-state index contributed by atoms with van der Waals surface area (Å²) in [6.07, 6.45) is 3.50. The zero-order valence-electron chi connectivity index (χ0n) is 11.5. The van der Waals surface area contributed by atoms with Gasteiger partial charge in [-0.25, -0.2) is 4.79 Å². The van der Waals surface area contributed by atoms with Crippen LogP contribution < -0.4 is 5.32 Å². The molecular formula is C13H24N2O3. The number of nitrogens with zero attached hydrogens (tertiary/aromatic N) is 1. The van der Waals surface area contributed by atoms with Crippen LogP contribution >= 0.6 is 0 Å². The summed E-state index contributed by atoms with van der Waals surface area (Å²) in [4.78, 5) is 23.6. The lowest BCUT2D eigenvalue weighted by molar-refractivity contribution is -0.137. The van der Waals surface area contributed by atoms with Gasteiger partial charge in [-0.15, -0.1) is 0 Å². The van der Waals surface area contributed by atoms with Crippen LogP contribution in [0.15, 0.2) is 0 Å². The summed E-state index contributed by atoms with van der Waals surface area (Å²) < 4.78 is 0. The minimum absolute atomic E-state index is 0.0128. The van der Waals surface area contributed by atoms with E-state index in [1.165, 1.54) is 17.7 Å². The first kappa shape index (κ1) is 14.8.